The van der Waals surface area contributed by atoms with Gasteiger partial charge in [-0.2, -0.15) is 0 Å². The van der Waals surface area contributed by atoms with E-state index < -0.39 is 6.29 Å². The molecule has 0 aromatic heterocycles. The molecule has 116 valence electrons. The van der Waals surface area contributed by atoms with Crippen molar-refractivity contribution in [3.8, 4) is 0 Å². The number of esters is 1. The highest BCUT2D eigenvalue weighted by molar-refractivity contribution is 5.66. The first-order chi connectivity index (χ1) is 9.90. The molecule has 4 atom stereocenters. The summed E-state index contributed by atoms with van der Waals surface area (Å²) in [6.07, 6.45) is 7.40. The van der Waals surface area contributed by atoms with Gasteiger partial charge in [-0.05, 0) is 36.7 Å². The van der Waals surface area contributed by atoms with Crippen LogP contribution in [0.15, 0.2) is 24.0 Å². The Morgan fingerprint density at radius 1 is 1.43 bits per heavy atom. The van der Waals surface area contributed by atoms with Gasteiger partial charge in [-0.25, -0.2) is 4.89 Å². The fraction of sp³-hybridized carbons (Fsp3) is 0.688. The second kappa shape index (κ2) is 4.85. The third-order valence-corrected chi connectivity index (χ3v) is 5.55. The third kappa shape index (κ3) is 2.02. The van der Waals surface area contributed by atoms with Crippen molar-refractivity contribution in [2.45, 2.75) is 52.4 Å². The molecular weight excluding hydrogens is 272 g/mol. The minimum Gasteiger partial charge on any atom is -0.462 e. The second-order valence-corrected chi connectivity index (χ2v) is 6.83. The molecule has 1 fully saturated rings. The van der Waals surface area contributed by atoms with Crippen molar-refractivity contribution in [2.75, 3.05) is 0 Å². The number of hydrogen-bond acceptors (Lipinski definition) is 5. The predicted octanol–water partition coefficient (Wildman–Crippen LogP) is 3.03. The maximum absolute atomic E-state index is 11.4. The van der Waals surface area contributed by atoms with Crippen LogP contribution < -0.4 is 0 Å². The molecule has 0 aromatic rings. The molecule has 3 rings (SSSR count). The Morgan fingerprint density at radius 2 is 2.19 bits per heavy atom. The maximum atomic E-state index is 11.4. The highest BCUT2D eigenvalue weighted by Gasteiger charge is 2.63. The van der Waals surface area contributed by atoms with Crippen molar-refractivity contribution in [2.24, 2.45) is 16.7 Å². The first-order valence-electron chi connectivity index (χ1n) is 7.42. The first-order valence-corrected chi connectivity index (χ1v) is 7.42. The fourth-order valence-electron chi connectivity index (χ4n) is 4.31. The van der Waals surface area contributed by atoms with Gasteiger partial charge in [0.15, 0.2) is 0 Å². The van der Waals surface area contributed by atoms with E-state index in [0.717, 1.165) is 19.3 Å². The van der Waals surface area contributed by atoms with Gasteiger partial charge >= 0.3 is 5.97 Å². The zero-order valence-corrected chi connectivity index (χ0v) is 12.7. The molecule has 1 N–H and O–H groups in total. The van der Waals surface area contributed by atoms with Gasteiger partial charge in [-0.15, -0.1) is 0 Å². The molecule has 1 spiro atoms. The molecule has 1 saturated carbocycles. The number of carbonyl (C=O) groups is 1. The predicted molar refractivity (Wildman–Crippen MR) is 74.9 cm³/mol. The van der Waals surface area contributed by atoms with Crippen molar-refractivity contribution in [1.82, 2.24) is 0 Å². The van der Waals surface area contributed by atoms with Crippen LogP contribution in [-0.4, -0.2) is 23.6 Å². The van der Waals surface area contributed by atoms with Gasteiger partial charge in [-0.1, -0.05) is 25.5 Å². The van der Waals surface area contributed by atoms with Gasteiger partial charge in [-0.3, -0.25) is 10.1 Å². The lowest BCUT2D eigenvalue weighted by Gasteiger charge is -2.42. The summed E-state index contributed by atoms with van der Waals surface area (Å²) in [7, 11) is 0. The fourth-order valence-corrected chi connectivity index (χ4v) is 4.31. The molecule has 21 heavy (non-hydrogen) atoms. The summed E-state index contributed by atoms with van der Waals surface area (Å²) in [5, 5.41) is 8.92. The lowest BCUT2D eigenvalue weighted by atomic mass is 9.63. The van der Waals surface area contributed by atoms with E-state index in [1.54, 1.807) is 6.26 Å². The number of fused-ring (bicyclic) bond motifs is 1. The van der Waals surface area contributed by atoms with Gasteiger partial charge in [0, 0.05) is 6.92 Å². The molecule has 3 aliphatic rings. The van der Waals surface area contributed by atoms with E-state index in [1.165, 1.54) is 12.5 Å². The zero-order chi connectivity index (χ0) is 15.3. The van der Waals surface area contributed by atoms with Gasteiger partial charge in [0.05, 0.1) is 11.7 Å². The molecule has 0 bridgehead atoms. The Kier molecular flexibility index (Phi) is 3.37. The summed E-state index contributed by atoms with van der Waals surface area (Å²) in [6, 6.07) is 0. The number of allylic oxidation sites excluding steroid dienone is 1. The van der Waals surface area contributed by atoms with Crippen LogP contribution in [0.4, 0.5) is 0 Å². The smallest absolute Gasteiger partial charge is 0.305 e. The zero-order valence-electron chi connectivity index (χ0n) is 12.7. The Bertz CT molecular complexity index is 507. The van der Waals surface area contributed by atoms with Crippen LogP contribution in [-0.2, 0) is 19.2 Å². The molecule has 1 aliphatic heterocycles. The highest BCUT2D eigenvalue weighted by Crippen LogP contribution is 2.65. The van der Waals surface area contributed by atoms with E-state index in [4.69, 9.17) is 14.7 Å². The Morgan fingerprint density at radius 3 is 2.86 bits per heavy atom. The summed E-state index contributed by atoms with van der Waals surface area (Å²) < 4.78 is 11.0. The number of rotatable bonds is 2. The largest absolute Gasteiger partial charge is 0.462 e. The van der Waals surface area contributed by atoms with Crippen LogP contribution in [0.1, 0.15) is 40.0 Å². The summed E-state index contributed by atoms with van der Waals surface area (Å²) in [5.41, 5.74) is 0.823. The van der Waals surface area contributed by atoms with Crippen molar-refractivity contribution in [1.29, 1.82) is 0 Å². The second-order valence-electron chi connectivity index (χ2n) is 6.83. The van der Waals surface area contributed by atoms with Crippen molar-refractivity contribution in [3.05, 3.63) is 24.0 Å². The molecule has 0 saturated heterocycles. The summed E-state index contributed by atoms with van der Waals surface area (Å²) in [4.78, 5) is 15.9. The van der Waals surface area contributed by atoms with E-state index in [-0.39, 0.29) is 22.9 Å². The molecule has 0 radical (unpaired) electrons. The number of ether oxygens (including phenoxy) is 2. The van der Waals surface area contributed by atoms with E-state index in [2.05, 4.69) is 18.7 Å². The molecular formula is C16H22O5. The number of carbonyl (C=O) groups excluding carboxylic acids is 1. The summed E-state index contributed by atoms with van der Waals surface area (Å²) >= 11 is 0. The lowest BCUT2D eigenvalue weighted by Crippen LogP contribution is -2.44. The monoisotopic (exact) mass is 294 g/mol. The van der Waals surface area contributed by atoms with Crippen molar-refractivity contribution >= 4 is 5.97 Å². The van der Waals surface area contributed by atoms with Crippen molar-refractivity contribution < 1.29 is 24.4 Å². The van der Waals surface area contributed by atoms with Gasteiger partial charge in [0.2, 0.25) is 0 Å². The van der Waals surface area contributed by atoms with Crippen molar-refractivity contribution in [3.63, 3.8) is 0 Å². The SMILES string of the molecule is CC(=O)O[C@@H]1OC=C[C@]12CC1=C[C@H](OO)CC[C@H]1C2(C)C. The third-order valence-electron chi connectivity index (χ3n) is 5.55. The van der Waals surface area contributed by atoms with Gasteiger partial charge < -0.3 is 9.47 Å². The molecule has 0 aromatic carbocycles. The van der Waals surface area contributed by atoms with Crippen LogP contribution in [0.5, 0.6) is 0 Å². The topological polar surface area (TPSA) is 65.0 Å². The van der Waals surface area contributed by atoms with E-state index in [9.17, 15) is 4.79 Å². The molecule has 0 unspecified atom stereocenters. The normalized spacial score (nSPS) is 39.8. The van der Waals surface area contributed by atoms with E-state index in [1.807, 2.05) is 12.2 Å². The minimum atomic E-state index is -0.579. The number of hydrogen-bond donors (Lipinski definition) is 1. The van der Waals surface area contributed by atoms with E-state index >= 15 is 0 Å². The van der Waals surface area contributed by atoms with Crippen LogP contribution in [0.2, 0.25) is 0 Å². The Labute approximate surface area is 124 Å². The molecule has 2 aliphatic carbocycles. The maximum Gasteiger partial charge on any atom is 0.305 e. The molecule has 0 amide bonds. The van der Waals surface area contributed by atoms with Crippen LogP contribution in [0, 0.1) is 16.7 Å². The first kappa shape index (κ1) is 14.6. The average molecular weight is 294 g/mol. The summed E-state index contributed by atoms with van der Waals surface area (Å²) in [5.74, 6) is 0.0487. The molecule has 5 nitrogen and oxygen atoms in total. The van der Waals surface area contributed by atoms with Crippen LogP contribution in [0.3, 0.4) is 0 Å². The Balaban J connectivity index is 1.97. The Hall–Kier alpha value is -1.33. The quantitative estimate of drug-likeness (QED) is 0.367. The molecule has 1 heterocycles. The van der Waals surface area contributed by atoms with Gasteiger partial charge in [0.1, 0.15) is 6.10 Å². The van der Waals surface area contributed by atoms with E-state index in [0.29, 0.717) is 5.92 Å². The van der Waals surface area contributed by atoms with Crippen LogP contribution in [0.25, 0.3) is 0 Å². The lowest BCUT2D eigenvalue weighted by molar-refractivity contribution is -0.268. The average Bonchev–Trinajstić information content (AvgIpc) is 2.91. The van der Waals surface area contributed by atoms with Crippen LogP contribution >= 0.6 is 0 Å². The van der Waals surface area contributed by atoms with Gasteiger partial charge in [0.25, 0.3) is 6.29 Å². The minimum absolute atomic E-state index is 0.0909. The summed E-state index contributed by atoms with van der Waals surface area (Å²) in [6.45, 7) is 5.81. The molecule has 5 heteroatoms. The highest BCUT2D eigenvalue weighted by atomic mass is 17.1. The standard InChI is InChI=1S/C16H22O5/c1-10(17)20-14-16(6-7-19-14)9-11-8-12(21-18)4-5-13(11)15(16,2)3/h6-8,12-14,18H,4-5,9H2,1-3H3/t12-,13-,14+,16+/m1/s1.